The van der Waals surface area contributed by atoms with Crippen LogP contribution in [-0.4, -0.2) is 33.7 Å². The first-order chi connectivity index (χ1) is 16.0. The van der Waals surface area contributed by atoms with Crippen LogP contribution < -0.4 is 18.9 Å². The predicted molar refractivity (Wildman–Crippen MR) is 127 cm³/mol. The van der Waals surface area contributed by atoms with E-state index in [0.717, 1.165) is 26.9 Å². The highest BCUT2D eigenvalue weighted by Crippen LogP contribution is 2.38. The molecule has 0 amide bonds. The Balaban J connectivity index is 1.57. The van der Waals surface area contributed by atoms with E-state index in [-0.39, 0.29) is 4.90 Å². The zero-order valence-corrected chi connectivity index (χ0v) is 19.5. The van der Waals surface area contributed by atoms with Gasteiger partial charge < -0.3 is 14.2 Å². The van der Waals surface area contributed by atoms with Crippen molar-refractivity contribution >= 4 is 31.4 Å². The highest BCUT2D eigenvalue weighted by Gasteiger charge is 2.28. The zero-order chi connectivity index (χ0) is 22.8. The quantitative estimate of drug-likeness (QED) is 0.434. The number of benzene rings is 2. The fourth-order valence-electron chi connectivity index (χ4n) is 3.76. The summed E-state index contributed by atoms with van der Waals surface area (Å²) in [6.07, 6.45) is 4.24. The van der Waals surface area contributed by atoms with E-state index in [0.29, 0.717) is 30.5 Å². The highest BCUT2D eigenvalue weighted by atomic mass is 32.2. The summed E-state index contributed by atoms with van der Waals surface area (Å²) in [7, 11) is -2.34. The Kier molecular flexibility index (Phi) is 5.92. The molecule has 3 heterocycles. The van der Waals surface area contributed by atoms with Crippen LogP contribution in [0.15, 0.2) is 71.9 Å². The summed E-state index contributed by atoms with van der Waals surface area (Å²) in [5, 5.41) is 1.000. The molecule has 1 aliphatic heterocycles. The number of methoxy groups -OCH3 is 1. The molecule has 0 aliphatic carbocycles. The van der Waals surface area contributed by atoms with Gasteiger partial charge in [-0.05, 0) is 35.7 Å². The fraction of sp³-hybridized carbons (Fsp3) is 0.208. The summed E-state index contributed by atoms with van der Waals surface area (Å²) in [6, 6.07) is 15.3. The maximum absolute atomic E-state index is 13.5. The molecule has 0 radical (unpaired) electrons. The van der Waals surface area contributed by atoms with Crippen molar-refractivity contribution in [1.82, 2.24) is 9.71 Å². The van der Waals surface area contributed by atoms with Gasteiger partial charge in [-0.3, -0.25) is 4.98 Å². The van der Waals surface area contributed by atoms with Crippen LogP contribution in [0.2, 0.25) is 0 Å². The van der Waals surface area contributed by atoms with Gasteiger partial charge in [-0.1, -0.05) is 18.2 Å². The van der Waals surface area contributed by atoms with Crippen molar-refractivity contribution in [3.05, 3.63) is 77.4 Å². The Labute approximate surface area is 196 Å². The van der Waals surface area contributed by atoms with Gasteiger partial charge in [0.25, 0.3) is 0 Å². The Morgan fingerprint density at radius 1 is 1.06 bits per heavy atom. The van der Waals surface area contributed by atoms with Gasteiger partial charge in [0.15, 0.2) is 11.5 Å². The molecule has 1 aliphatic rings. The Hall–Kier alpha value is -3.14. The number of aromatic nitrogens is 1. The van der Waals surface area contributed by atoms with Gasteiger partial charge in [0.1, 0.15) is 5.75 Å². The minimum atomic E-state index is -3.91. The number of hydrogen-bond acceptors (Lipinski definition) is 7. The average molecular weight is 483 g/mol. The largest absolute Gasteiger partial charge is 0.496 e. The number of thiophene rings is 1. The number of sulfonamides is 1. The third kappa shape index (κ3) is 4.39. The van der Waals surface area contributed by atoms with Gasteiger partial charge in [-0.15, -0.1) is 11.3 Å². The molecule has 0 fully saturated rings. The molecule has 2 aromatic heterocycles. The van der Waals surface area contributed by atoms with Gasteiger partial charge in [0.2, 0.25) is 10.0 Å². The maximum atomic E-state index is 13.5. The van der Waals surface area contributed by atoms with Crippen LogP contribution in [0.4, 0.5) is 0 Å². The lowest BCUT2D eigenvalue weighted by molar-refractivity contribution is 0.297. The molecule has 5 rings (SSSR count). The van der Waals surface area contributed by atoms with Crippen LogP contribution in [0.25, 0.3) is 10.1 Å². The molecule has 9 heteroatoms. The molecule has 0 saturated carbocycles. The number of hydrogen-bond donors (Lipinski definition) is 1. The molecule has 0 saturated heterocycles. The standard InChI is InChI=1S/C24H22N2O5S2/c1-29-19-6-3-2-5-18(19)24(22-13-16-9-10-25-15-23(16)32-22)26-33(27,28)17-7-8-20-21(14-17)31-12-4-11-30-20/h2-3,5-10,13-15,24,26H,4,11-12H2,1H3. The van der Waals surface area contributed by atoms with E-state index < -0.39 is 16.1 Å². The first kappa shape index (κ1) is 21.7. The van der Waals surface area contributed by atoms with Crippen LogP contribution in [0, 0.1) is 0 Å². The van der Waals surface area contributed by atoms with Crippen LogP contribution in [0.3, 0.4) is 0 Å². The van der Waals surface area contributed by atoms with E-state index >= 15 is 0 Å². The van der Waals surface area contributed by atoms with Crippen LogP contribution in [-0.2, 0) is 10.0 Å². The van der Waals surface area contributed by atoms with E-state index in [9.17, 15) is 8.42 Å². The van der Waals surface area contributed by atoms with E-state index in [1.165, 1.54) is 23.5 Å². The van der Waals surface area contributed by atoms with Crippen molar-refractivity contribution in [2.45, 2.75) is 17.4 Å². The number of ether oxygens (including phenoxy) is 3. The molecule has 0 bridgehead atoms. The number of para-hydroxylation sites is 1. The van der Waals surface area contributed by atoms with Gasteiger partial charge >= 0.3 is 0 Å². The Morgan fingerprint density at radius 2 is 1.88 bits per heavy atom. The smallest absolute Gasteiger partial charge is 0.241 e. The summed E-state index contributed by atoms with van der Waals surface area (Å²) in [5.74, 6) is 1.57. The van der Waals surface area contributed by atoms with Crippen molar-refractivity contribution in [1.29, 1.82) is 0 Å². The number of nitrogens with zero attached hydrogens (tertiary/aromatic N) is 1. The molecule has 1 N–H and O–H groups in total. The third-order valence-corrected chi connectivity index (χ3v) is 7.95. The number of fused-ring (bicyclic) bond motifs is 2. The number of pyridine rings is 1. The van der Waals surface area contributed by atoms with E-state index in [2.05, 4.69) is 9.71 Å². The van der Waals surface area contributed by atoms with Crippen molar-refractivity contribution in [2.24, 2.45) is 0 Å². The molecule has 2 aromatic carbocycles. The second kappa shape index (κ2) is 9.01. The molecule has 1 unspecified atom stereocenters. The average Bonchev–Trinajstić information content (AvgIpc) is 3.12. The monoisotopic (exact) mass is 482 g/mol. The first-order valence-electron chi connectivity index (χ1n) is 10.4. The van der Waals surface area contributed by atoms with Crippen molar-refractivity contribution in [3.63, 3.8) is 0 Å². The lowest BCUT2D eigenvalue weighted by Crippen LogP contribution is -2.29. The molecule has 4 aromatic rings. The third-order valence-electron chi connectivity index (χ3n) is 5.38. The molecule has 0 spiro atoms. The molecular formula is C24H22N2O5S2. The second-order valence-electron chi connectivity index (χ2n) is 7.52. The van der Waals surface area contributed by atoms with Crippen LogP contribution in [0.1, 0.15) is 22.9 Å². The van der Waals surface area contributed by atoms with E-state index in [1.54, 1.807) is 25.6 Å². The normalized spacial score (nSPS) is 14.6. The molecule has 1 atom stereocenters. The molecule has 33 heavy (non-hydrogen) atoms. The first-order valence-corrected chi connectivity index (χ1v) is 12.7. The Bertz CT molecular complexity index is 1370. The molecule has 170 valence electrons. The summed E-state index contributed by atoms with van der Waals surface area (Å²) in [5.41, 5.74) is 0.720. The van der Waals surface area contributed by atoms with Crippen molar-refractivity contribution in [2.75, 3.05) is 20.3 Å². The van der Waals surface area contributed by atoms with Gasteiger partial charge in [-0.25, -0.2) is 8.42 Å². The minimum Gasteiger partial charge on any atom is -0.496 e. The predicted octanol–water partition coefficient (Wildman–Crippen LogP) is 4.53. The Morgan fingerprint density at radius 3 is 2.70 bits per heavy atom. The molecule has 7 nitrogen and oxygen atoms in total. The lowest BCUT2D eigenvalue weighted by atomic mass is 10.0. The van der Waals surface area contributed by atoms with E-state index in [4.69, 9.17) is 14.2 Å². The SMILES string of the molecule is COc1ccccc1C(NS(=O)(=O)c1ccc2c(c1)OCCCO2)c1cc2ccncc2s1. The van der Waals surface area contributed by atoms with Crippen LogP contribution >= 0.6 is 11.3 Å². The fourth-order valence-corrected chi connectivity index (χ4v) is 6.15. The van der Waals surface area contributed by atoms with Crippen molar-refractivity contribution in [3.8, 4) is 17.2 Å². The topological polar surface area (TPSA) is 86.8 Å². The second-order valence-corrected chi connectivity index (χ2v) is 10.3. The highest BCUT2D eigenvalue weighted by molar-refractivity contribution is 7.89. The molecular weight excluding hydrogens is 460 g/mol. The van der Waals surface area contributed by atoms with Crippen LogP contribution in [0.5, 0.6) is 17.2 Å². The number of nitrogens with one attached hydrogen (secondary N) is 1. The van der Waals surface area contributed by atoms with Gasteiger partial charge in [0.05, 0.1) is 36.0 Å². The van der Waals surface area contributed by atoms with Gasteiger partial charge in [0, 0.05) is 35.3 Å². The summed E-state index contributed by atoms with van der Waals surface area (Å²) >= 11 is 1.49. The summed E-state index contributed by atoms with van der Waals surface area (Å²) in [4.78, 5) is 5.12. The number of rotatable bonds is 6. The zero-order valence-electron chi connectivity index (χ0n) is 17.9. The van der Waals surface area contributed by atoms with E-state index in [1.807, 2.05) is 36.4 Å². The van der Waals surface area contributed by atoms with Gasteiger partial charge in [-0.2, -0.15) is 4.72 Å². The summed E-state index contributed by atoms with van der Waals surface area (Å²) in [6.45, 7) is 1.01. The van der Waals surface area contributed by atoms with Crippen molar-refractivity contribution < 1.29 is 22.6 Å². The lowest BCUT2D eigenvalue weighted by Gasteiger charge is -2.21. The summed E-state index contributed by atoms with van der Waals surface area (Å²) < 4.78 is 47.8. The minimum absolute atomic E-state index is 0.106. The maximum Gasteiger partial charge on any atom is 0.241 e.